The van der Waals surface area contributed by atoms with Crippen LogP contribution in [0.25, 0.3) is 0 Å². The van der Waals surface area contributed by atoms with Crippen LogP contribution in [0, 0.1) is 5.92 Å². The van der Waals surface area contributed by atoms with Crippen molar-refractivity contribution in [3.8, 4) is 0 Å². The standard InChI is InChI=1S/C12H22N2O5S/c1-9-10(2)19-7-6-14(9)20(17,18)13-5-3-4-11(8-13)12(15)16/h9-11H,3-8H2,1-2H3,(H,15,16). The smallest absolute Gasteiger partial charge is 0.307 e. The lowest BCUT2D eigenvalue weighted by atomic mass is 10.0. The average Bonchev–Trinajstić information content (AvgIpc) is 2.41. The highest BCUT2D eigenvalue weighted by Gasteiger charge is 2.40. The highest BCUT2D eigenvalue weighted by Crippen LogP contribution is 2.25. The molecule has 8 heteroatoms. The fourth-order valence-electron chi connectivity index (χ4n) is 2.73. The fourth-order valence-corrected chi connectivity index (χ4v) is 4.65. The minimum atomic E-state index is -3.61. The first kappa shape index (κ1) is 15.7. The molecular weight excluding hydrogens is 284 g/mol. The lowest BCUT2D eigenvalue weighted by Gasteiger charge is -2.41. The predicted molar refractivity (Wildman–Crippen MR) is 72.4 cm³/mol. The Morgan fingerprint density at radius 3 is 2.65 bits per heavy atom. The highest BCUT2D eigenvalue weighted by atomic mass is 32.2. The van der Waals surface area contributed by atoms with Crippen molar-refractivity contribution in [2.24, 2.45) is 5.92 Å². The molecule has 2 aliphatic rings. The fraction of sp³-hybridized carbons (Fsp3) is 0.917. The summed E-state index contributed by atoms with van der Waals surface area (Å²) in [5, 5.41) is 9.07. The number of rotatable bonds is 3. The molecule has 3 unspecified atom stereocenters. The van der Waals surface area contributed by atoms with Crippen molar-refractivity contribution >= 4 is 16.2 Å². The Hall–Kier alpha value is -0.700. The van der Waals surface area contributed by atoms with E-state index in [4.69, 9.17) is 9.84 Å². The summed E-state index contributed by atoms with van der Waals surface area (Å²) in [6, 6.07) is -0.237. The predicted octanol–water partition coefficient (Wildman–Crippen LogP) is 0.137. The van der Waals surface area contributed by atoms with Crippen molar-refractivity contribution in [1.82, 2.24) is 8.61 Å². The van der Waals surface area contributed by atoms with Gasteiger partial charge in [-0.3, -0.25) is 4.79 Å². The molecule has 7 nitrogen and oxygen atoms in total. The quantitative estimate of drug-likeness (QED) is 0.801. The van der Waals surface area contributed by atoms with E-state index in [0.29, 0.717) is 32.5 Å². The van der Waals surface area contributed by atoms with Crippen molar-refractivity contribution in [3.63, 3.8) is 0 Å². The maximum Gasteiger partial charge on any atom is 0.307 e. The summed E-state index contributed by atoms with van der Waals surface area (Å²) >= 11 is 0. The van der Waals surface area contributed by atoms with Gasteiger partial charge in [-0.05, 0) is 26.7 Å². The van der Waals surface area contributed by atoms with Crippen LogP contribution >= 0.6 is 0 Å². The van der Waals surface area contributed by atoms with E-state index in [1.54, 1.807) is 0 Å². The third-order valence-electron chi connectivity index (χ3n) is 4.18. The first-order chi connectivity index (χ1) is 9.34. The molecule has 0 saturated carbocycles. The van der Waals surface area contributed by atoms with Crippen LogP contribution in [0.15, 0.2) is 0 Å². The van der Waals surface area contributed by atoms with Gasteiger partial charge in [-0.2, -0.15) is 17.0 Å². The number of piperidine rings is 1. The Morgan fingerprint density at radius 1 is 1.30 bits per heavy atom. The van der Waals surface area contributed by atoms with Gasteiger partial charge in [0.05, 0.1) is 18.6 Å². The topological polar surface area (TPSA) is 87.2 Å². The van der Waals surface area contributed by atoms with E-state index in [9.17, 15) is 13.2 Å². The zero-order valence-electron chi connectivity index (χ0n) is 11.9. The minimum Gasteiger partial charge on any atom is -0.481 e. The summed E-state index contributed by atoms with van der Waals surface area (Å²) in [5.41, 5.74) is 0. The lowest BCUT2D eigenvalue weighted by Crippen LogP contribution is -2.57. The zero-order valence-corrected chi connectivity index (χ0v) is 12.7. The van der Waals surface area contributed by atoms with Crippen LogP contribution in [-0.2, 0) is 19.7 Å². The Bertz CT molecular complexity index is 466. The molecule has 0 radical (unpaired) electrons. The van der Waals surface area contributed by atoms with Crippen LogP contribution < -0.4 is 0 Å². The number of aliphatic carboxylic acids is 1. The van der Waals surface area contributed by atoms with E-state index in [-0.39, 0.29) is 18.7 Å². The van der Waals surface area contributed by atoms with Gasteiger partial charge in [-0.25, -0.2) is 0 Å². The molecule has 3 atom stereocenters. The molecule has 2 rings (SSSR count). The molecule has 1 N–H and O–H groups in total. The van der Waals surface area contributed by atoms with Gasteiger partial charge in [-0.1, -0.05) is 0 Å². The van der Waals surface area contributed by atoms with Crippen LogP contribution in [0.5, 0.6) is 0 Å². The number of morpholine rings is 1. The average molecular weight is 306 g/mol. The molecule has 116 valence electrons. The highest BCUT2D eigenvalue weighted by molar-refractivity contribution is 7.86. The summed E-state index contributed by atoms with van der Waals surface area (Å²) < 4.78 is 33.5. The molecule has 0 amide bonds. The van der Waals surface area contributed by atoms with E-state index in [1.807, 2.05) is 13.8 Å². The van der Waals surface area contributed by atoms with Gasteiger partial charge in [0.25, 0.3) is 10.2 Å². The second kappa shape index (κ2) is 5.97. The lowest BCUT2D eigenvalue weighted by molar-refractivity contribution is -0.142. The molecule has 0 spiro atoms. The molecule has 0 bridgehead atoms. The summed E-state index contributed by atoms with van der Waals surface area (Å²) in [7, 11) is -3.61. The normalized spacial score (nSPS) is 34.0. The monoisotopic (exact) mass is 306 g/mol. The molecule has 0 aliphatic carbocycles. The second-order valence-corrected chi connectivity index (χ2v) is 7.35. The van der Waals surface area contributed by atoms with Crippen LogP contribution in [0.1, 0.15) is 26.7 Å². The van der Waals surface area contributed by atoms with Gasteiger partial charge in [0.15, 0.2) is 0 Å². The summed E-state index contributed by atoms with van der Waals surface area (Å²) in [5.74, 6) is -1.53. The summed E-state index contributed by atoms with van der Waals surface area (Å²) in [6.45, 7) is 4.83. The Balaban J connectivity index is 2.15. The second-order valence-electron chi connectivity index (χ2n) is 5.47. The Morgan fingerprint density at radius 2 is 2.00 bits per heavy atom. The number of carboxylic acids is 1. The van der Waals surface area contributed by atoms with Crippen LogP contribution in [0.2, 0.25) is 0 Å². The molecule has 0 aromatic rings. The third-order valence-corrected chi connectivity index (χ3v) is 6.27. The molecule has 0 aromatic carbocycles. The molecule has 2 saturated heterocycles. The van der Waals surface area contributed by atoms with Crippen molar-refractivity contribution in [2.45, 2.75) is 38.8 Å². The van der Waals surface area contributed by atoms with Gasteiger partial charge >= 0.3 is 5.97 Å². The van der Waals surface area contributed by atoms with Gasteiger partial charge < -0.3 is 9.84 Å². The van der Waals surface area contributed by atoms with Crippen molar-refractivity contribution in [3.05, 3.63) is 0 Å². The van der Waals surface area contributed by atoms with E-state index >= 15 is 0 Å². The van der Waals surface area contributed by atoms with E-state index < -0.39 is 22.1 Å². The van der Waals surface area contributed by atoms with Gasteiger partial charge in [0.1, 0.15) is 0 Å². The number of carbonyl (C=O) groups is 1. The number of nitrogens with zero attached hydrogens (tertiary/aromatic N) is 2. The van der Waals surface area contributed by atoms with Crippen LogP contribution in [0.4, 0.5) is 0 Å². The van der Waals surface area contributed by atoms with Crippen molar-refractivity contribution < 1.29 is 23.1 Å². The molecular formula is C12H22N2O5S. The molecule has 2 aliphatic heterocycles. The molecule has 2 fully saturated rings. The van der Waals surface area contributed by atoms with Crippen molar-refractivity contribution in [2.75, 3.05) is 26.2 Å². The molecule has 20 heavy (non-hydrogen) atoms. The number of hydrogen-bond acceptors (Lipinski definition) is 4. The first-order valence-corrected chi connectivity index (χ1v) is 8.35. The van der Waals surface area contributed by atoms with E-state index in [1.165, 1.54) is 8.61 Å². The summed E-state index contributed by atoms with van der Waals surface area (Å²) in [4.78, 5) is 11.1. The maximum absolute atomic E-state index is 12.7. The SMILES string of the molecule is CC1OCCN(S(=O)(=O)N2CCCC(C(=O)O)C2)C1C. The number of carboxylic acid groups (broad SMARTS) is 1. The zero-order chi connectivity index (χ0) is 14.9. The van der Waals surface area contributed by atoms with Crippen molar-refractivity contribution in [1.29, 1.82) is 0 Å². The molecule has 2 heterocycles. The Kier molecular flexibility index (Phi) is 4.68. The van der Waals surface area contributed by atoms with Gasteiger partial charge in [0.2, 0.25) is 0 Å². The summed E-state index contributed by atoms with van der Waals surface area (Å²) in [6.07, 6.45) is 0.972. The number of hydrogen-bond donors (Lipinski definition) is 1. The van der Waals surface area contributed by atoms with E-state index in [0.717, 1.165) is 0 Å². The van der Waals surface area contributed by atoms with Crippen LogP contribution in [0.3, 0.4) is 0 Å². The third kappa shape index (κ3) is 2.98. The van der Waals surface area contributed by atoms with E-state index in [2.05, 4.69) is 0 Å². The van der Waals surface area contributed by atoms with Gasteiger partial charge in [0, 0.05) is 25.7 Å². The van der Waals surface area contributed by atoms with Gasteiger partial charge in [-0.15, -0.1) is 0 Å². The largest absolute Gasteiger partial charge is 0.481 e. The van der Waals surface area contributed by atoms with Crippen LogP contribution in [-0.4, -0.2) is 66.5 Å². The Labute approximate surface area is 119 Å². The molecule has 0 aromatic heterocycles. The maximum atomic E-state index is 12.7. The first-order valence-electron chi connectivity index (χ1n) is 6.95. The number of ether oxygens (including phenoxy) is 1. The minimum absolute atomic E-state index is 0.0656.